The second-order valence-corrected chi connectivity index (χ2v) is 42.3. The Morgan fingerprint density at radius 3 is 1.34 bits per heavy atom. The van der Waals surface area contributed by atoms with Gasteiger partial charge in [-0.15, -0.1) is 0 Å². The summed E-state index contributed by atoms with van der Waals surface area (Å²) in [5.41, 5.74) is 13.9. The number of fused-ring (bicyclic) bond motifs is 4. The number of sulfonamides is 2. The summed E-state index contributed by atoms with van der Waals surface area (Å²) in [5.74, 6) is -0.481. The number of aromatic amines is 2. The molecule has 7 heterocycles. The molecule has 127 heavy (non-hydrogen) atoms. The number of piperidine rings is 1. The molecule has 0 spiro atoms. The second-order valence-electron chi connectivity index (χ2n) is 38.1. The van der Waals surface area contributed by atoms with Gasteiger partial charge in [-0.2, -0.15) is 0 Å². The average Bonchev–Trinajstić information content (AvgIpc) is 1.70. The number of H-pyrrole nitrogens is 2. The molecule has 3 aliphatic heterocycles. The van der Waals surface area contributed by atoms with Gasteiger partial charge in [-0.1, -0.05) is 100 Å². The molecule has 4 aromatic heterocycles. The molecule has 668 valence electrons. The molecular formula is C97H112Cl2N14O12S2. The van der Waals surface area contributed by atoms with Crippen LogP contribution in [0.25, 0.3) is 33.2 Å². The summed E-state index contributed by atoms with van der Waals surface area (Å²) in [7, 11) is -5.13. The standard InChI is InChI=1S/C51H60ClN7O6S.C46H52ClN7O6S/c1-50(2)15-19-56(20-16-50)18-13-34-25-38-28-42(30-46(59(61)62)44(38)26-34)66(63,64)55-49(60)43-10-9-40(29-47(43)65-41-27-36-12-17-53-48(36)54-32-41)58-23-21-57(22-24-58)33-37-11-14-51(3,4)31-45(37)35-5-7-39(52)8-6-35;1-46(2)14-11-33(41(27-46)31-5-7-35(47)8-6-31)29-52-17-19-53(20-18-52)36-9-10-39(43(25-36)60-37-23-32-12-15-48-44(32)49-28-37)45(55)50-61(58,59)38-24-34-21-30(13-16-51(3)4)22-40(34)42(26-38)54(56)57/h5-10,12,17,27-30,32,34H,11,13-16,18-26,31,33H2,1-4H3,(H,53,54)(H,55,60);5-10,12,15,23-26,28,30H,11,13-14,16-22,27,29H2,1-4H3,(H,48,49)(H,50,55)/t34-;30-/m00/s1. The lowest BCUT2D eigenvalue weighted by Gasteiger charge is -2.39. The number of carbonyl (C=O) groups excluding carboxylic acids is 2. The summed E-state index contributed by atoms with van der Waals surface area (Å²) in [6, 6.07) is 39.1. The van der Waals surface area contributed by atoms with Crippen LogP contribution in [-0.2, 0) is 45.7 Å². The van der Waals surface area contributed by atoms with Crippen molar-refractivity contribution in [2.24, 2.45) is 28.1 Å². The van der Waals surface area contributed by atoms with Crippen molar-refractivity contribution in [2.45, 2.75) is 141 Å². The van der Waals surface area contributed by atoms with Gasteiger partial charge in [0.05, 0.1) is 43.2 Å². The monoisotopic (exact) mass is 1800 g/mol. The predicted molar refractivity (Wildman–Crippen MR) is 499 cm³/mol. The number of carbonyl (C=O) groups is 2. The molecule has 26 nitrogen and oxygen atoms in total. The maximum absolute atomic E-state index is 14.1. The first-order valence-electron chi connectivity index (χ1n) is 44.1. The number of anilines is 2. The number of nitro benzene ring substituents is 2. The number of pyridine rings is 2. The number of nitrogens with zero attached hydrogens (tertiary/aromatic N) is 10. The topological polar surface area (TPSA) is 308 Å². The molecule has 0 unspecified atom stereocenters. The summed E-state index contributed by atoms with van der Waals surface area (Å²) in [6.45, 7) is 25.8. The number of piperazine rings is 2. The Balaban J connectivity index is 0.000000187. The largest absolute Gasteiger partial charge is 0.455 e. The molecule has 4 N–H and O–H groups in total. The quantitative estimate of drug-likeness (QED) is 0.0289. The van der Waals surface area contributed by atoms with Crippen molar-refractivity contribution in [3.8, 4) is 23.0 Å². The number of allylic oxidation sites excluding steroid dienone is 2. The van der Waals surface area contributed by atoms with Crippen LogP contribution >= 0.6 is 23.2 Å². The number of nitro groups is 2. The zero-order chi connectivity index (χ0) is 89.4. The zero-order valence-electron chi connectivity index (χ0n) is 73.4. The van der Waals surface area contributed by atoms with Crippen LogP contribution in [0.15, 0.2) is 179 Å². The second kappa shape index (κ2) is 37.3. The Hall–Kier alpha value is -10.6. The third kappa shape index (κ3) is 21.4. The number of benzene rings is 6. The van der Waals surface area contributed by atoms with Crippen LogP contribution in [0.5, 0.6) is 23.0 Å². The molecule has 0 saturated carbocycles. The highest BCUT2D eigenvalue weighted by molar-refractivity contribution is 7.90. The van der Waals surface area contributed by atoms with Crippen LogP contribution in [0.1, 0.15) is 160 Å². The molecule has 6 aromatic carbocycles. The van der Waals surface area contributed by atoms with Gasteiger partial charge in [0.15, 0.2) is 0 Å². The van der Waals surface area contributed by atoms with Crippen LogP contribution in [-0.4, -0.2) is 184 Å². The minimum absolute atomic E-state index is 0.00570. The number of ether oxygens (including phenoxy) is 2. The Labute approximate surface area is 752 Å². The van der Waals surface area contributed by atoms with E-state index in [1.807, 2.05) is 56.6 Å². The Bertz CT molecular complexity index is 6140. The van der Waals surface area contributed by atoms with E-state index in [2.05, 4.69) is 125 Å². The van der Waals surface area contributed by atoms with E-state index in [0.717, 1.165) is 200 Å². The summed E-state index contributed by atoms with van der Waals surface area (Å²) in [5, 5.41) is 27.6. The van der Waals surface area contributed by atoms with E-state index in [9.17, 15) is 46.7 Å². The van der Waals surface area contributed by atoms with Crippen LogP contribution in [0, 0.1) is 48.3 Å². The molecule has 2 amide bonds. The van der Waals surface area contributed by atoms with Gasteiger partial charge >= 0.3 is 0 Å². The lowest BCUT2D eigenvalue weighted by Crippen LogP contribution is -2.47. The smallest absolute Gasteiger partial charge is 0.274 e. The first kappa shape index (κ1) is 89.8. The molecule has 2 atom stereocenters. The normalized spacial score (nSPS) is 19.1. The van der Waals surface area contributed by atoms with E-state index >= 15 is 0 Å². The highest BCUT2D eigenvalue weighted by Gasteiger charge is 2.39. The minimum atomic E-state index is -4.54. The van der Waals surface area contributed by atoms with Crippen molar-refractivity contribution in [2.75, 3.05) is 116 Å². The van der Waals surface area contributed by atoms with Gasteiger partial charge < -0.3 is 39.0 Å². The fourth-order valence-electron chi connectivity index (χ4n) is 19.2. The number of aromatic nitrogens is 4. The summed E-state index contributed by atoms with van der Waals surface area (Å²) in [4.78, 5) is 80.0. The molecule has 0 bridgehead atoms. The van der Waals surface area contributed by atoms with Crippen LogP contribution < -0.4 is 28.7 Å². The molecule has 30 heteroatoms. The van der Waals surface area contributed by atoms with Crippen molar-refractivity contribution in [3.63, 3.8) is 0 Å². The molecule has 10 aromatic rings. The van der Waals surface area contributed by atoms with Crippen molar-refractivity contribution in [3.05, 3.63) is 244 Å². The van der Waals surface area contributed by atoms with Crippen LogP contribution in [0.3, 0.4) is 0 Å². The van der Waals surface area contributed by atoms with Crippen LogP contribution in [0.4, 0.5) is 22.7 Å². The lowest BCUT2D eigenvalue weighted by atomic mass is 9.72. The summed E-state index contributed by atoms with van der Waals surface area (Å²) in [6.07, 6.45) is 19.1. The number of hydrogen-bond acceptors (Lipinski definition) is 20. The van der Waals surface area contributed by atoms with Crippen molar-refractivity contribution < 1.29 is 45.7 Å². The third-order valence-corrected chi connectivity index (χ3v) is 29.9. The SMILES string of the molecule is CC1(C)CCN(CC[C@H]2Cc3cc(S(=O)(=O)NC(=O)c4ccc(N5CCN(CC6=C(c7ccc(Cl)cc7)CC(C)(C)CC6)CC5)cc4Oc4cnc5[nH]ccc5c4)cc([N+](=O)[O-])c3C2)CC1.CN(C)CC[C@H]1Cc2cc(S(=O)(=O)NC(=O)c3ccc(N4CCN(CC5=C(c6ccc(Cl)cc6)CC(C)(C)CC5)CC4)cc3Oc3cnc4[nH]ccc4c3)cc([N+](=O)[O-])c2C1. The first-order chi connectivity index (χ1) is 60.6. The van der Waals surface area contributed by atoms with E-state index in [1.165, 1.54) is 51.7 Å². The Morgan fingerprint density at radius 2 is 0.929 bits per heavy atom. The summed E-state index contributed by atoms with van der Waals surface area (Å²) < 4.78 is 73.0. The number of nitrogens with one attached hydrogen (secondary N) is 4. The van der Waals surface area contributed by atoms with Gasteiger partial charge in [0, 0.05) is 145 Å². The van der Waals surface area contributed by atoms with E-state index in [4.69, 9.17) is 32.7 Å². The van der Waals surface area contributed by atoms with E-state index in [0.29, 0.717) is 76.1 Å². The number of likely N-dealkylation sites (tertiary alicyclic amines) is 1. The van der Waals surface area contributed by atoms with Gasteiger partial charge in [-0.25, -0.2) is 36.2 Å². The van der Waals surface area contributed by atoms with E-state index in [-0.39, 0.29) is 66.5 Å². The molecular weight excluding hydrogens is 1690 g/mol. The van der Waals surface area contributed by atoms with E-state index in [1.54, 1.807) is 61.1 Å². The van der Waals surface area contributed by atoms with Crippen LogP contribution in [0.2, 0.25) is 10.0 Å². The zero-order valence-corrected chi connectivity index (χ0v) is 76.6. The number of halogens is 2. The Morgan fingerprint density at radius 1 is 0.512 bits per heavy atom. The highest BCUT2D eigenvalue weighted by atomic mass is 35.5. The highest BCUT2D eigenvalue weighted by Crippen LogP contribution is 2.48. The molecule has 17 rings (SSSR count). The maximum atomic E-state index is 14.1. The third-order valence-electron chi connectivity index (χ3n) is 26.8. The molecule has 7 aliphatic rings. The number of hydrogen-bond donors (Lipinski definition) is 4. The molecule has 4 aliphatic carbocycles. The van der Waals surface area contributed by atoms with Gasteiger partial charge in [0.25, 0.3) is 43.2 Å². The van der Waals surface area contributed by atoms with Crippen molar-refractivity contribution in [1.82, 2.24) is 49.0 Å². The maximum Gasteiger partial charge on any atom is 0.274 e. The number of amides is 2. The van der Waals surface area contributed by atoms with Gasteiger partial charge in [0.2, 0.25) is 0 Å². The fraction of sp³-hybridized carbons (Fsp3) is 0.423. The predicted octanol–water partition coefficient (Wildman–Crippen LogP) is 18.5. The lowest BCUT2D eigenvalue weighted by molar-refractivity contribution is -0.385. The molecule has 3 fully saturated rings. The van der Waals surface area contributed by atoms with Crippen molar-refractivity contribution >= 4 is 111 Å². The molecule has 0 radical (unpaired) electrons. The van der Waals surface area contributed by atoms with Gasteiger partial charge in [0.1, 0.15) is 34.3 Å². The van der Waals surface area contributed by atoms with Gasteiger partial charge in [-0.3, -0.25) is 39.6 Å². The van der Waals surface area contributed by atoms with Crippen molar-refractivity contribution in [1.29, 1.82) is 0 Å². The first-order valence-corrected chi connectivity index (χ1v) is 47.8. The molecule has 3 saturated heterocycles. The minimum Gasteiger partial charge on any atom is -0.455 e. The Kier molecular flexibility index (Phi) is 26.3. The van der Waals surface area contributed by atoms with E-state index < -0.39 is 41.7 Å². The average molecular weight is 1800 g/mol. The fourth-order valence-corrected chi connectivity index (χ4v) is 21.5. The van der Waals surface area contributed by atoms with Gasteiger partial charge in [-0.05, 0) is 277 Å². The summed E-state index contributed by atoms with van der Waals surface area (Å²) >= 11 is 12.5. The number of rotatable bonds is 26.